The molecule has 2 atom stereocenters. The van der Waals surface area contributed by atoms with Crippen LogP contribution in [0, 0.1) is 11.8 Å². The first-order chi connectivity index (χ1) is 8.17. The van der Waals surface area contributed by atoms with Crippen LogP contribution < -0.4 is 5.32 Å². The van der Waals surface area contributed by atoms with Crippen molar-refractivity contribution in [1.29, 1.82) is 0 Å². The van der Waals surface area contributed by atoms with E-state index >= 15 is 0 Å². The first-order valence-electron chi connectivity index (χ1n) is 6.69. The van der Waals surface area contributed by atoms with Crippen molar-refractivity contribution in [2.45, 2.75) is 27.2 Å². The third-order valence-corrected chi connectivity index (χ3v) is 3.65. The molecular weight excluding hydrogens is 357 g/mol. The molecular formula is C13H28IN3S. The highest BCUT2D eigenvalue weighted by atomic mass is 127. The van der Waals surface area contributed by atoms with E-state index in [-0.39, 0.29) is 24.0 Å². The highest BCUT2D eigenvalue weighted by Crippen LogP contribution is 2.20. The molecule has 0 aromatic rings. The zero-order valence-corrected chi connectivity index (χ0v) is 15.3. The minimum Gasteiger partial charge on any atom is -0.357 e. The maximum atomic E-state index is 4.71. The number of nitrogens with one attached hydrogen (secondary N) is 1. The smallest absolute Gasteiger partial charge is 0.193 e. The third kappa shape index (κ3) is 6.50. The summed E-state index contributed by atoms with van der Waals surface area (Å²) in [5, 5.41) is 3.42. The number of thioether (sulfide) groups is 1. The number of guanidine groups is 1. The predicted octanol–water partition coefficient (Wildman–Crippen LogP) is 2.91. The zero-order valence-electron chi connectivity index (χ0n) is 12.1. The van der Waals surface area contributed by atoms with Crippen molar-refractivity contribution < 1.29 is 0 Å². The van der Waals surface area contributed by atoms with Gasteiger partial charge >= 0.3 is 0 Å². The van der Waals surface area contributed by atoms with Crippen molar-refractivity contribution in [2.75, 3.05) is 38.2 Å². The normalized spacial score (nSPS) is 24.7. The summed E-state index contributed by atoms with van der Waals surface area (Å²) in [5.74, 6) is 3.78. The van der Waals surface area contributed by atoms with E-state index in [0.717, 1.165) is 49.7 Å². The van der Waals surface area contributed by atoms with Crippen LogP contribution >= 0.6 is 35.7 Å². The second kappa shape index (κ2) is 10.2. The SMILES string of the molecule is CCNC(=NCCSC)N1CC(C)CC(C)C1.I. The molecule has 2 unspecified atom stereocenters. The molecule has 108 valence electrons. The van der Waals surface area contributed by atoms with E-state index in [0.29, 0.717) is 0 Å². The predicted molar refractivity (Wildman–Crippen MR) is 94.3 cm³/mol. The molecule has 0 bridgehead atoms. The van der Waals surface area contributed by atoms with E-state index in [1.54, 1.807) is 0 Å². The Morgan fingerprint density at radius 1 is 1.33 bits per heavy atom. The Morgan fingerprint density at radius 2 is 1.94 bits per heavy atom. The number of rotatable bonds is 4. The molecule has 0 aromatic heterocycles. The summed E-state index contributed by atoms with van der Waals surface area (Å²) in [4.78, 5) is 7.14. The van der Waals surface area contributed by atoms with Crippen LogP contribution in [0.25, 0.3) is 0 Å². The van der Waals surface area contributed by atoms with Gasteiger partial charge in [0.25, 0.3) is 0 Å². The maximum absolute atomic E-state index is 4.71. The van der Waals surface area contributed by atoms with Gasteiger partial charge in [0.2, 0.25) is 0 Å². The number of halogens is 1. The fraction of sp³-hybridized carbons (Fsp3) is 0.923. The summed E-state index contributed by atoms with van der Waals surface area (Å²) in [7, 11) is 0. The van der Waals surface area contributed by atoms with Gasteiger partial charge in [0.15, 0.2) is 5.96 Å². The quantitative estimate of drug-likeness (QED) is 0.349. The molecule has 0 amide bonds. The molecule has 0 radical (unpaired) electrons. The van der Waals surface area contributed by atoms with Gasteiger partial charge in [-0.15, -0.1) is 24.0 Å². The average molecular weight is 385 g/mol. The average Bonchev–Trinajstić information content (AvgIpc) is 2.27. The van der Waals surface area contributed by atoms with Gasteiger partial charge in [-0.2, -0.15) is 11.8 Å². The number of hydrogen-bond acceptors (Lipinski definition) is 2. The zero-order chi connectivity index (χ0) is 12.7. The Labute approximate surface area is 134 Å². The Morgan fingerprint density at radius 3 is 2.44 bits per heavy atom. The molecule has 3 nitrogen and oxygen atoms in total. The van der Waals surface area contributed by atoms with Crippen LogP contribution in [0.5, 0.6) is 0 Å². The molecule has 1 fully saturated rings. The van der Waals surface area contributed by atoms with Gasteiger partial charge in [0.05, 0.1) is 6.54 Å². The first-order valence-corrected chi connectivity index (χ1v) is 8.09. The van der Waals surface area contributed by atoms with Crippen molar-refractivity contribution >= 4 is 41.7 Å². The standard InChI is InChI=1S/C13H27N3S.HI/c1-5-14-13(15-6-7-17-4)16-9-11(2)8-12(3)10-16;/h11-12H,5-10H2,1-4H3,(H,14,15);1H. The van der Waals surface area contributed by atoms with E-state index in [9.17, 15) is 0 Å². The number of aliphatic imine (C=N–C) groups is 1. The van der Waals surface area contributed by atoms with Gasteiger partial charge in [-0.25, -0.2) is 0 Å². The van der Waals surface area contributed by atoms with E-state index < -0.39 is 0 Å². The van der Waals surface area contributed by atoms with Crippen LogP contribution in [0.3, 0.4) is 0 Å². The van der Waals surface area contributed by atoms with Crippen molar-refractivity contribution in [2.24, 2.45) is 16.8 Å². The van der Waals surface area contributed by atoms with Crippen molar-refractivity contribution in [3.8, 4) is 0 Å². The summed E-state index contributed by atoms with van der Waals surface area (Å²) in [6.07, 6.45) is 3.48. The topological polar surface area (TPSA) is 27.6 Å². The summed E-state index contributed by atoms with van der Waals surface area (Å²) < 4.78 is 0. The lowest BCUT2D eigenvalue weighted by molar-refractivity contribution is 0.208. The molecule has 0 saturated carbocycles. The minimum atomic E-state index is 0. The number of hydrogen-bond donors (Lipinski definition) is 1. The van der Waals surface area contributed by atoms with Crippen molar-refractivity contribution in [1.82, 2.24) is 10.2 Å². The Kier molecular flexibility index (Phi) is 10.4. The lowest BCUT2D eigenvalue weighted by atomic mass is 9.92. The summed E-state index contributed by atoms with van der Waals surface area (Å²) >= 11 is 1.86. The Bertz CT molecular complexity index is 238. The van der Waals surface area contributed by atoms with Crippen molar-refractivity contribution in [3.05, 3.63) is 0 Å². The van der Waals surface area contributed by atoms with Crippen molar-refractivity contribution in [3.63, 3.8) is 0 Å². The summed E-state index contributed by atoms with van der Waals surface area (Å²) in [6, 6.07) is 0. The lowest BCUT2D eigenvalue weighted by Crippen LogP contribution is -2.48. The van der Waals surface area contributed by atoms with E-state index in [1.165, 1.54) is 6.42 Å². The van der Waals surface area contributed by atoms with E-state index in [1.807, 2.05) is 11.8 Å². The van der Waals surface area contributed by atoms with Crippen LogP contribution in [0.4, 0.5) is 0 Å². The molecule has 1 saturated heterocycles. The maximum Gasteiger partial charge on any atom is 0.193 e. The Balaban J connectivity index is 0.00000289. The second-order valence-corrected chi connectivity index (χ2v) is 6.07. The molecule has 0 aromatic carbocycles. The molecule has 1 aliphatic heterocycles. The van der Waals surface area contributed by atoms with Crippen LogP contribution in [0.2, 0.25) is 0 Å². The van der Waals surface area contributed by atoms with E-state index in [2.05, 4.69) is 37.2 Å². The van der Waals surface area contributed by atoms with Crippen LogP contribution in [-0.2, 0) is 0 Å². The molecule has 1 rings (SSSR count). The van der Waals surface area contributed by atoms with E-state index in [4.69, 9.17) is 4.99 Å². The van der Waals surface area contributed by atoms with Gasteiger partial charge in [0.1, 0.15) is 0 Å². The Hall–Kier alpha value is 0.350. The fourth-order valence-corrected chi connectivity index (χ4v) is 2.78. The van der Waals surface area contributed by atoms with Gasteiger partial charge < -0.3 is 10.2 Å². The molecule has 1 heterocycles. The van der Waals surface area contributed by atoms with Gasteiger partial charge in [-0.05, 0) is 31.4 Å². The molecule has 0 spiro atoms. The van der Waals surface area contributed by atoms with Gasteiger partial charge in [0, 0.05) is 25.4 Å². The van der Waals surface area contributed by atoms with Crippen LogP contribution in [-0.4, -0.2) is 49.0 Å². The molecule has 0 aliphatic carbocycles. The highest BCUT2D eigenvalue weighted by molar-refractivity contribution is 14.0. The third-order valence-electron chi connectivity index (χ3n) is 3.06. The van der Waals surface area contributed by atoms with Crippen LogP contribution in [0.1, 0.15) is 27.2 Å². The largest absolute Gasteiger partial charge is 0.357 e. The number of likely N-dealkylation sites (tertiary alicyclic amines) is 1. The fourth-order valence-electron chi connectivity index (χ4n) is 2.50. The van der Waals surface area contributed by atoms with Crippen LogP contribution in [0.15, 0.2) is 4.99 Å². The number of piperidine rings is 1. The molecule has 18 heavy (non-hydrogen) atoms. The monoisotopic (exact) mass is 385 g/mol. The first kappa shape index (κ1) is 18.4. The lowest BCUT2D eigenvalue weighted by Gasteiger charge is -2.37. The molecule has 1 aliphatic rings. The highest BCUT2D eigenvalue weighted by Gasteiger charge is 2.23. The minimum absolute atomic E-state index is 0. The summed E-state index contributed by atoms with van der Waals surface area (Å²) in [6.45, 7) is 11.0. The second-order valence-electron chi connectivity index (χ2n) is 5.08. The number of nitrogens with zero attached hydrogens (tertiary/aromatic N) is 2. The molecule has 5 heteroatoms. The summed E-state index contributed by atoms with van der Waals surface area (Å²) in [5.41, 5.74) is 0. The van der Waals surface area contributed by atoms with Gasteiger partial charge in [-0.1, -0.05) is 13.8 Å². The van der Waals surface area contributed by atoms with Gasteiger partial charge in [-0.3, -0.25) is 4.99 Å². The molecule has 1 N–H and O–H groups in total.